The Kier molecular flexibility index (Phi) is 8.86. The normalized spacial score (nSPS) is 12.6. The lowest BCUT2D eigenvalue weighted by Gasteiger charge is -2.36. The number of para-hydroxylation sites is 2. The molecule has 0 aliphatic heterocycles. The van der Waals surface area contributed by atoms with Gasteiger partial charge in [0, 0.05) is 34.1 Å². The molecule has 0 unspecified atom stereocenters. The minimum Gasteiger partial charge on any atom is -0.310 e. The Morgan fingerprint density at radius 1 is 0.279 bits per heavy atom. The molecule has 1 aliphatic rings. The summed E-state index contributed by atoms with van der Waals surface area (Å²) in [5.74, 6) is 0. The second-order valence-electron chi connectivity index (χ2n) is 16.3. The Labute approximate surface area is 358 Å². The molecule has 0 amide bonds. The molecule has 0 bridgehead atoms. The van der Waals surface area contributed by atoms with Gasteiger partial charge in [-0.3, -0.25) is 0 Å². The molecule has 0 aromatic heterocycles. The van der Waals surface area contributed by atoms with E-state index in [0.29, 0.717) is 0 Å². The third-order valence-electron chi connectivity index (χ3n) is 12.6. The number of rotatable bonds is 8. The number of fused-ring (bicyclic) bond motifs is 5. The fraction of sp³-hybridized carbons (Fsp3) is 0.0508. The van der Waals surface area contributed by atoms with Crippen molar-refractivity contribution >= 4 is 55.7 Å². The van der Waals surface area contributed by atoms with Crippen molar-refractivity contribution in [2.75, 3.05) is 9.80 Å². The van der Waals surface area contributed by atoms with E-state index in [-0.39, 0.29) is 0 Å². The lowest BCUT2D eigenvalue weighted by atomic mass is 9.67. The Morgan fingerprint density at radius 2 is 0.623 bits per heavy atom. The average Bonchev–Trinajstić information content (AvgIpc) is 3.60. The summed E-state index contributed by atoms with van der Waals surface area (Å²) in [6.07, 6.45) is 0. The summed E-state index contributed by atoms with van der Waals surface area (Å²) in [4.78, 5) is 4.82. The molecule has 2 heteroatoms. The van der Waals surface area contributed by atoms with Gasteiger partial charge < -0.3 is 9.80 Å². The maximum Gasteiger partial charge on any atom is 0.0715 e. The van der Waals surface area contributed by atoms with Crippen molar-refractivity contribution in [3.8, 4) is 11.1 Å². The minimum atomic E-state index is -0.629. The molecule has 10 aromatic carbocycles. The van der Waals surface area contributed by atoms with Crippen LogP contribution in [0.25, 0.3) is 32.7 Å². The van der Waals surface area contributed by atoms with Gasteiger partial charge >= 0.3 is 0 Å². The molecule has 0 heterocycles. The highest BCUT2D eigenvalue weighted by atomic mass is 15.1. The van der Waals surface area contributed by atoms with Crippen LogP contribution in [0, 0.1) is 13.8 Å². The predicted molar refractivity (Wildman–Crippen MR) is 258 cm³/mol. The first-order valence-electron chi connectivity index (χ1n) is 21.2. The van der Waals surface area contributed by atoms with Crippen molar-refractivity contribution in [2.24, 2.45) is 0 Å². The van der Waals surface area contributed by atoms with E-state index in [1.165, 1.54) is 66.1 Å². The van der Waals surface area contributed by atoms with Gasteiger partial charge in [0.05, 0.1) is 5.41 Å². The molecule has 10 aromatic rings. The smallest absolute Gasteiger partial charge is 0.0715 e. The maximum atomic E-state index is 2.47. The van der Waals surface area contributed by atoms with Gasteiger partial charge in [-0.1, -0.05) is 169 Å². The Morgan fingerprint density at radius 3 is 1.03 bits per heavy atom. The maximum absolute atomic E-state index is 2.47. The van der Waals surface area contributed by atoms with Crippen LogP contribution in [0.15, 0.2) is 231 Å². The predicted octanol–water partition coefficient (Wildman–Crippen LogP) is 15.9. The summed E-state index contributed by atoms with van der Waals surface area (Å²) in [5.41, 5.74) is 16.0. The highest BCUT2D eigenvalue weighted by molar-refractivity contribution is 5.94. The van der Waals surface area contributed by atoms with E-state index in [9.17, 15) is 0 Å². The van der Waals surface area contributed by atoms with Crippen molar-refractivity contribution < 1.29 is 0 Å². The fourth-order valence-electron chi connectivity index (χ4n) is 9.65. The molecule has 0 saturated heterocycles. The molecule has 11 rings (SSSR count). The molecule has 1 aliphatic carbocycles. The summed E-state index contributed by atoms with van der Waals surface area (Å²) in [6.45, 7) is 4.36. The topological polar surface area (TPSA) is 6.48 Å². The van der Waals surface area contributed by atoms with Crippen molar-refractivity contribution in [1.29, 1.82) is 0 Å². The molecule has 0 radical (unpaired) electrons. The molecule has 0 spiro atoms. The van der Waals surface area contributed by atoms with Crippen LogP contribution in [0.3, 0.4) is 0 Å². The van der Waals surface area contributed by atoms with Crippen LogP contribution in [0.5, 0.6) is 0 Å². The largest absolute Gasteiger partial charge is 0.310 e. The number of benzene rings is 10. The van der Waals surface area contributed by atoms with E-state index < -0.39 is 5.41 Å². The van der Waals surface area contributed by atoms with Crippen molar-refractivity contribution in [2.45, 2.75) is 19.3 Å². The van der Waals surface area contributed by atoms with Crippen LogP contribution in [0.4, 0.5) is 34.1 Å². The summed E-state index contributed by atoms with van der Waals surface area (Å²) in [6, 6.07) is 85.2. The van der Waals surface area contributed by atoms with E-state index >= 15 is 0 Å². The second kappa shape index (κ2) is 14.9. The lowest BCUT2D eigenvalue weighted by Crippen LogP contribution is -2.29. The van der Waals surface area contributed by atoms with Gasteiger partial charge in [-0.25, -0.2) is 0 Å². The summed E-state index contributed by atoms with van der Waals surface area (Å²) in [7, 11) is 0. The van der Waals surface area contributed by atoms with E-state index in [2.05, 4.69) is 254 Å². The zero-order valence-electron chi connectivity index (χ0n) is 34.3. The van der Waals surface area contributed by atoms with Gasteiger partial charge in [-0.2, -0.15) is 0 Å². The second-order valence-corrected chi connectivity index (χ2v) is 16.3. The Bertz CT molecular complexity index is 2980. The highest BCUT2D eigenvalue weighted by Crippen LogP contribution is 2.58. The molecule has 0 saturated carbocycles. The van der Waals surface area contributed by atoms with E-state index in [4.69, 9.17) is 0 Å². The quantitative estimate of drug-likeness (QED) is 0.152. The van der Waals surface area contributed by atoms with E-state index in [1.54, 1.807) is 0 Å². The molecule has 2 nitrogen and oxygen atoms in total. The number of hydrogen-bond donors (Lipinski definition) is 0. The molecule has 61 heavy (non-hydrogen) atoms. The van der Waals surface area contributed by atoms with Gasteiger partial charge in [0.2, 0.25) is 0 Å². The first-order chi connectivity index (χ1) is 30.0. The average molecular weight is 781 g/mol. The van der Waals surface area contributed by atoms with Gasteiger partial charge in [-0.15, -0.1) is 0 Å². The van der Waals surface area contributed by atoms with Gasteiger partial charge in [0.1, 0.15) is 0 Å². The molecule has 0 atom stereocenters. The van der Waals surface area contributed by atoms with Crippen molar-refractivity contribution in [1.82, 2.24) is 0 Å². The SMILES string of the molecule is Cc1ccc(C2(c3ccc(C)cc3)c3cc(N(c4ccccc4)c4ccc5ccccc5c4)ccc3-c3ccc(N(c4ccccc4)c4ccc5ccccc5c4)cc32)cc1. The van der Waals surface area contributed by atoms with Crippen LogP contribution >= 0.6 is 0 Å². The van der Waals surface area contributed by atoms with E-state index in [1.807, 2.05) is 0 Å². The molecule has 290 valence electrons. The molecular weight excluding hydrogens is 737 g/mol. The standard InChI is InChI=1S/C59H44N2/c1-41-21-27-47(28-22-41)59(48-29-23-42(2)24-30-48)57-39-53(60(49-17-5-3-6-18-49)51-31-25-43-13-9-11-15-45(43)37-51)33-35-55(57)56-36-34-54(40-58(56)59)61(50-19-7-4-8-20-50)52-32-26-44-14-10-12-16-46(44)38-52/h3-40H,1-2H3. The van der Waals surface area contributed by atoms with Crippen LogP contribution in [0.2, 0.25) is 0 Å². The summed E-state index contributed by atoms with van der Waals surface area (Å²) >= 11 is 0. The number of aryl methyl sites for hydroxylation is 2. The zero-order chi connectivity index (χ0) is 40.9. The first-order valence-corrected chi connectivity index (χ1v) is 21.2. The van der Waals surface area contributed by atoms with Crippen LogP contribution in [0.1, 0.15) is 33.4 Å². The summed E-state index contributed by atoms with van der Waals surface area (Å²) < 4.78 is 0. The van der Waals surface area contributed by atoms with Crippen molar-refractivity contribution in [3.05, 3.63) is 264 Å². The molecule has 0 fully saturated rings. The van der Waals surface area contributed by atoms with Crippen LogP contribution < -0.4 is 9.80 Å². The minimum absolute atomic E-state index is 0.629. The number of anilines is 6. The molecule has 0 N–H and O–H groups in total. The van der Waals surface area contributed by atoms with Crippen LogP contribution in [-0.2, 0) is 5.41 Å². The zero-order valence-corrected chi connectivity index (χ0v) is 34.3. The number of hydrogen-bond acceptors (Lipinski definition) is 2. The third kappa shape index (κ3) is 6.19. The van der Waals surface area contributed by atoms with Gasteiger partial charge in [0.15, 0.2) is 0 Å². The monoisotopic (exact) mass is 780 g/mol. The fourth-order valence-corrected chi connectivity index (χ4v) is 9.65. The van der Waals surface area contributed by atoms with Crippen LogP contribution in [-0.4, -0.2) is 0 Å². The van der Waals surface area contributed by atoms with Gasteiger partial charge in [0.25, 0.3) is 0 Å². The summed E-state index contributed by atoms with van der Waals surface area (Å²) in [5, 5.41) is 4.88. The number of nitrogens with zero attached hydrogens (tertiary/aromatic N) is 2. The third-order valence-corrected chi connectivity index (χ3v) is 12.6. The molecular formula is C59H44N2. The van der Waals surface area contributed by atoms with E-state index in [0.717, 1.165) is 34.1 Å². The highest BCUT2D eigenvalue weighted by Gasteiger charge is 2.47. The first kappa shape index (κ1) is 36.4. The Balaban J connectivity index is 1.18. The van der Waals surface area contributed by atoms with Gasteiger partial charge in [-0.05, 0) is 142 Å². The Hall–Kier alpha value is -7.68. The lowest BCUT2D eigenvalue weighted by molar-refractivity contribution is 0.767. The van der Waals surface area contributed by atoms with Crippen molar-refractivity contribution in [3.63, 3.8) is 0 Å².